The van der Waals surface area contributed by atoms with Gasteiger partial charge >= 0.3 is 0 Å². The number of rotatable bonds is 4. The van der Waals surface area contributed by atoms with Gasteiger partial charge < -0.3 is 5.32 Å². The van der Waals surface area contributed by atoms with Gasteiger partial charge in [-0.3, -0.25) is 0 Å². The Morgan fingerprint density at radius 1 is 1.29 bits per heavy atom. The summed E-state index contributed by atoms with van der Waals surface area (Å²) in [5.74, 6) is 0. The smallest absolute Gasteiger partial charge is 0.200 e. The summed E-state index contributed by atoms with van der Waals surface area (Å²) in [6.07, 6.45) is 1.56. The number of aromatic nitrogens is 1. The van der Waals surface area contributed by atoms with Gasteiger partial charge in [0.15, 0.2) is 14.9 Å². The standard InChI is InChI=1S/C14H17BrN2O2S2/c1-14(2,3)21(18,19)13-5-4-10(8-17-13)16-9-12-11(15)6-7-20-12/h4-8,16H,9H2,1-3H3. The first kappa shape index (κ1) is 16.5. The molecule has 2 aromatic rings. The van der Waals surface area contributed by atoms with Crippen LogP contribution in [0.5, 0.6) is 0 Å². The Kier molecular flexibility index (Phi) is 4.75. The molecule has 4 nitrogen and oxygen atoms in total. The molecule has 21 heavy (non-hydrogen) atoms. The molecule has 0 aromatic carbocycles. The van der Waals surface area contributed by atoms with Crippen molar-refractivity contribution in [3.05, 3.63) is 39.1 Å². The van der Waals surface area contributed by atoms with Gasteiger partial charge in [0.1, 0.15) is 0 Å². The average Bonchev–Trinajstić information content (AvgIpc) is 2.81. The summed E-state index contributed by atoms with van der Waals surface area (Å²) in [4.78, 5) is 5.26. The van der Waals surface area contributed by atoms with Gasteiger partial charge in [0.05, 0.1) is 23.2 Å². The fourth-order valence-electron chi connectivity index (χ4n) is 1.59. The molecule has 2 aromatic heterocycles. The second-order valence-corrected chi connectivity index (χ2v) is 10.1. The molecule has 0 fully saturated rings. The molecule has 0 radical (unpaired) electrons. The van der Waals surface area contributed by atoms with Crippen molar-refractivity contribution < 1.29 is 8.42 Å². The molecule has 0 atom stereocenters. The van der Waals surface area contributed by atoms with E-state index in [9.17, 15) is 8.42 Å². The fraction of sp³-hybridized carbons (Fsp3) is 0.357. The van der Waals surface area contributed by atoms with Crippen LogP contribution in [0.1, 0.15) is 25.6 Å². The minimum atomic E-state index is -3.40. The van der Waals surface area contributed by atoms with E-state index < -0.39 is 14.6 Å². The Bertz CT molecular complexity index is 716. The Balaban J connectivity index is 2.11. The molecule has 114 valence electrons. The van der Waals surface area contributed by atoms with Crippen molar-refractivity contribution in [1.29, 1.82) is 0 Å². The van der Waals surface area contributed by atoms with Crippen LogP contribution in [0.3, 0.4) is 0 Å². The molecule has 7 heteroatoms. The van der Waals surface area contributed by atoms with E-state index in [-0.39, 0.29) is 5.03 Å². The lowest BCUT2D eigenvalue weighted by Gasteiger charge is -2.18. The van der Waals surface area contributed by atoms with E-state index in [1.165, 1.54) is 4.88 Å². The number of nitrogens with one attached hydrogen (secondary N) is 1. The summed E-state index contributed by atoms with van der Waals surface area (Å²) < 4.78 is 24.8. The van der Waals surface area contributed by atoms with Crippen molar-refractivity contribution in [3.8, 4) is 0 Å². The van der Waals surface area contributed by atoms with Crippen LogP contribution in [-0.2, 0) is 16.4 Å². The predicted molar refractivity (Wildman–Crippen MR) is 90.5 cm³/mol. The molecule has 0 aliphatic heterocycles. The number of thiophene rings is 1. The quantitative estimate of drug-likeness (QED) is 0.856. The van der Waals surface area contributed by atoms with Crippen molar-refractivity contribution in [3.63, 3.8) is 0 Å². The highest BCUT2D eigenvalue weighted by Gasteiger charge is 2.31. The van der Waals surface area contributed by atoms with Crippen LogP contribution in [0.25, 0.3) is 0 Å². The second kappa shape index (κ2) is 6.06. The first-order chi connectivity index (χ1) is 9.72. The van der Waals surface area contributed by atoms with Gasteiger partial charge in [-0.1, -0.05) is 0 Å². The lowest BCUT2D eigenvalue weighted by Crippen LogP contribution is -2.28. The highest BCUT2D eigenvalue weighted by Crippen LogP contribution is 2.25. The van der Waals surface area contributed by atoms with Crippen LogP contribution < -0.4 is 5.32 Å². The maximum Gasteiger partial charge on any atom is 0.200 e. The van der Waals surface area contributed by atoms with Crippen molar-refractivity contribution in [2.24, 2.45) is 0 Å². The van der Waals surface area contributed by atoms with Gasteiger partial charge in [0, 0.05) is 9.35 Å². The van der Waals surface area contributed by atoms with E-state index >= 15 is 0 Å². The van der Waals surface area contributed by atoms with Crippen LogP contribution in [0.4, 0.5) is 5.69 Å². The number of nitrogens with zero attached hydrogens (tertiary/aromatic N) is 1. The highest BCUT2D eigenvalue weighted by atomic mass is 79.9. The maximum absolute atomic E-state index is 12.3. The number of anilines is 1. The zero-order valence-corrected chi connectivity index (χ0v) is 15.3. The maximum atomic E-state index is 12.3. The van der Waals surface area contributed by atoms with Gasteiger partial charge in [-0.05, 0) is 60.3 Å². The van der Waals surface area contributed by atoms with E-state index in [4.69, 9.17) is 0 Å². The van der Waals surface area contributed by atoms with E-state index in [1.807, 2.05) is 11.4 Å². The first-order valence-corrected chi connectivity index (χ1v) is 9.54. The molecule has 0 unspecified atom stereocenters. The Morgan fingerprint density at radius 3 is 2.48 bits per heavy atom. The zero-order valence-electron chi connectivity index (χ0n) is 12.1. The fourth-order valence-corrected chi connectivity index (χ4v) is 4.09. The summed E-state index contributed by atoms with van der Waals surface area (Å²) in [6.45, 7) is 5.69. The molecule has 0 spiro atoms. The third kappa shape index (κ3) is 3.64. The van der Waals surface area contributed by atoms with E-state index in [0.717, 1.165) is 10.2 Å². The van der Waals surface area contributed by atoms with Crippen LogP contribution in [0.2, 0.25) is 0 Å². The van der Waals surface area contributed by atoms with Crippen LogP contribution in [0.15, 0.2) is 39.3 Å². The highest BCUT2D eigenvalue weighted by molar-refractivity contribution is 9.10. The van der Waals surface area contributed by atoms with Crippen molar-refractivity contribution in [1.82, 2.24) is 4.98 Å². The van der Waals surface area contributed by atoms with Crippen molar-refractivity contribution in [2.75, 3.05) is 5.32 Å². The van der Waals surface area contributed by atoms with Gasteiger partial charge in [-0.25, -0.2) is 13.4 Å². The van der Waals surface area contributed by atoms with E-state index in [2.05, 4.69) is 26.2 Å². The molecule has 0 bridgehead atoms. The molecule has 0 amide bonds. The largest absolute Gasteiger partial charge is 0.379 e. The van der Waals surface area contributed by atoms with Gasteiger partial charge in [0.2, 0.25) is 0 Å². The molecule has 0 aliphatic carbocycles. The Labute approximate surface area is 137 Å². The zero-order chi connectivity index (χ0) is 15.7. The molecule has 1 N–H and O–H groups in total. The summed E-state index contributed by atoms with van der Waals surface area (Å²) >= 11 is 5.13. The molecule has 2 rings (SSSR count). The Morgan fingerprint density at radius 2 is 2.00 bits per heavy atom. The second-order valence-electron chi connectivity index (χ2n) is 5.55. The minimum absolute atomic E-state index is 0.109. The van der Waals surface area contributed by atoms with Crippen LogP contribution in [0, 0.1) is 0 Å². The molecule has 0 saturated carbocycles. The number of hydrogen-bond donors (Lipinski definition) is 1. The minimum Gasteiger partial charge on any atom is -0.379 e. The lowest BCUT2D eigenvalue weighted by atomic mass is 10.3. The first-order valence-electron chi connectivity index (χ1n) is 6.38. The SMILES string of the molecule is CC(C)(C)S(=O)(=O)c1ccc(NCc2sccc2Br)cn1. The number of pyridine rings is 1. The number of hydrogen-bond acceptors (Lipinski definition) is 5. The summed E-state index contributed by atoms with van der Waals surface area (Å²) in [6, 6.07) is 5.29. The molecule has 2 heterocycles. The molecular weight excluding hydrogens is 372 g/mol. The summed E-state index contributed by atoms with van der Waals surface area (Å²) in [5.41, 5.74) is 0.795. The van der Waals surface area contributed by atoms with E-state index in [1.54, 1.807) is 50.4 Å². The van der Waals surface area contributed by atoms with Gasteiger partial charge in [0.25, 0.3) is 0 Å². The third-order valence-electron chi connectivity index (χ3n) is 2.96. The average molecular weight is 389 g/mol. The monoisotopic (exact) mass is 388 g/mol. The normalized spacial score (nSPS) is 12.4. The summed E-state index contributed by atoms with van der Waals surface area (Å²) in [7, 11) is -3.40. The van der Waals surface area contributed by atoms with E-state index in [0.29, 0.717) is 6.54 Å². The van der Waals surface area contributed by atoms with Crippen LogP contribution >= 0.6 is 27.3 Å². The number of sulfone groups is 1. The van der Waals surface area contributed by atoms with Crippen molar-refractivity contribution in [2.45, 2.75) is 37.1 Å². The third-order valence-corrected chi connectivity index (χ3v) is 7.29. The topological polar surface area (TPSA) is 59.1 Å². The van der Waals surface area contributed by atoms with Gasteiger partial charge in [-0.15, -0.1) is 11.3 Å². The lowest BCUT2D eigenvalue weighted by molar-refractivity contribution is 0.556. The van der Waals surface area contributed by atoms with Crippen LogP contribution in [-0.4, -0.2) is 18.1 Å². The summed E-state index contributed by atoms with van der Waals surface area (Å²) in [5, 5.41) is 5.35. The van der Waals surface area contributed by atoms with Crippen molar-refractivity contribution >= 4 is 42.8 Å². The predicted octanol–water partition coefficient (Wildman–Crippen LogP) is 4.09. The molecule has 0 saturated heterocycles. The number of halogens is 1. The molecule has 0 aliphatic rings. The molecular formula is C14H17BrN2O2S2. The van der Waals surface area contributed by atoms with Gasteiger partial charge in [-0.2, -0.15) is 0 Å². The Hall–Kier alpha value is -0.920.